The quantitative estimate of drug-likeness (QED) is 0.643. The molecule has 0 saturated carbocycles. The number of nitrogen functional groups attached to an aromatic ring is 1. The van der Waals surface area contributed by atoms with E-state index in [9.17, 15) is 4.79 Å². The molecule has 2 heterocycles. The Morgan fingerprint density at radius 1 is 1.42 bits per heavy atom. The minimum Gasteiger partial charge on any atom is -0.374 e. The molecule has 0 spiro atoms. The second-order valence-electron chi connectivity index (χ2n) is 3.63. The third-order valence-electron chi connectivity index (χ3n) is 2.25. The molecule has 0 radical (unpaired) electrons. The van der Waals surface area contributed by atoms with Crippen LogP contribution in [0.3, 0.4) is 0 Å². The minimum absolute atomic E-state index is 0.256. The van der Waals surface area contributed by atoms with Crippen LogP contribution in [-0.2, 0) is 0 Å². The van der Waals surface area contributed by atoms with Gasteiger partial charge in [-0.25, -0.2) is 9.97 Å². The van der Waals surface area contributed by atoms with Crippen LogP contribution in [0.4, 0.5) is 5.13 Å². The number of hydrogen-bond donors (Lipinski definition) is 2. The molecule has 19 heavy (non-hydrogen) atoms. The van der Waals surface area contributed by atoms with Crippen LogP contribution in [0.25, 0.3) is 0 Å². The second kappa shape index (κ2) is 5.93. The number of aromatic nitrogens is 4. The summed E-state index contributed by atoms with van der Waals surface area (Å²) in [4.78, 5) is 20.1. The standard InChI is InChI=1S/C10H12N6OS2/c1-5(8-15-16-9(11)19-8)14-7(17)6-3-12-10(18-2)13-4-6/h3-5H,1-2H3,(H2,11,16)(H,14,17)/t5-/m1/s1. The highest BCUT2D eigenvalue weighted by Gasteiger charge is 2.15. The fourth-order valence-corrected chi connectivity index (χ4v) is 2.23. The molecule has 9 heteroatoms. The summed E-state index contributed by atoms with van der Waals surface area (Å²) in [6.07, 6.45) is 4.86. The second-order valence-corrected chi connectivity index (χ2v) is 5.45. The summed E-state index contributed by atoms with van der Waals surface area (Å²) >= 11 is 2.66. The zero-order valence-corrected chi connectivity index (χ0v) is 12.0. The maximum absolute atomic E-state index is 12.0. The largest absolute Gasteiger partial charge is 0.374 e. The van der Waals surface area contributed by atoms with Crippen LogP contribution in [0.15, 0.2) is 17.6 Å². The maximum atomic E-state index is 12.0. The molecule has 0 bridgehead atoms. The van der Waals surface area contributed by atoms with E-state index < -0.39 is 0 Å². The average Bonchev–Trinajstić information content (AvgIpc) is 2.85. The van der Waals surface area contributed by atoms with Gasteiger partial charge in [-0.05, 0) is 13.2 Å². The normalized spacial score (nSPS) is 12.1. The Morgan fingerprint density at radius 3 is 2.63 bits per heavy atom. The first kappa shape index (κ1) is 13.7. The van der Waals surface area contributed by atoms with Crippen molar-refractivity contribution in [3.8, 4) is 0 Å². The lowest BCUT2D eigenvalue weighted by atomic mass is 10.3. The number of carbonyl (C=O) groups excluding carboxylic acids is 1. The van der Waals surface area contributed by atoms with Gasteiger partial charge in [0.05, 0.1) is 11.6 Å². The van der Waals surface area contributed by atoms with Crippen molar-refractivity contribution in [3.63, 3.8) is 0 Å². The van der Waals surface area contributed by atoms with Crippen LogP contribution in [0.5, 0.6) is 0 Å². The Kier molecular flexibility index (Phi) is 4.27. The lowest BCUT2D eigenvalue weighted by Crippen LogP contribution is -2.26. The molecule has 0 saturated heterocycles. The lowest BCUT2D eigenvalue weighted by molar-refractivity contribution is 0.0939. The van der Waals surface area contributed by atoms with E-state index in [1.165, 1.54) is 35.5 Å². The molecule has 0 aliphatic rings. The Bertz CT molecular complexity index is 570. The van der Waals surface area contributed by atoms with E-state index in [1.54, 1.807) is 0 Å². The van der Waals surface area contributed by atoms with Crippen LogP contribution < -0.4 is 11.1 Å². The van der Waals surface area contributed by atoms with Gasteiger partial charge in [-0.2, -0.15) is 0 Å². The summed E-state index contributed by atoms with van der Waals surface area (Å²) in [5, 5.41) is 12.0. The topological polar surface area (TPSA) is 107 Å². The van der Waals surface area contributed by atoms with Gasteiger partial charge in [0, 0.05) is 12.4 Å². The van der Waals surface area contributed by atoms with Crippen LogP contribution in [0.1, 0.15) is 28.3 Å². The number of rotatable bonds is 4. The minimum atomic E-state index is -0.262. The monoisotopic (exact) mass is 296 g/mol. The van der Waals surface area contributed by atoms with E-state index in [1.807, 2.05) is 13.2 Å². The number of nitrogens with zero attached hydrogens (tertiary/aromatic N) is 4. The van der Waals surface area contributed by atoms with Gasteiger partial charge in [0.15, 0.2) is 5.16 Å². The number of nitrogens with one attached hydrogen (secondary N) is 1. The smallest absolute Gasteiger partial charge is 0.254 e. The fraction of sp³-hybridized carbons (Fsp3) is 0.300. The third-order valence-corrected chi connectivity index (χ3v) is 3.76. The molecule has 2 aromatic heterocycles. The molecule has 0 unspecified atom stereocenters. The number of anilines is 1. The SMILES string of the molecule is CSc1ncc(C(=O)N[C@H](C)c2nnc(N)s2)cn1. The average molecular weight is 296 g/mol. The Balaban J connectivity index is 2.03. The Morgan fingerprint density at radius 2 is 2.11 bits per heavy atom. The number of hydrogen-bond acceptors (Lipinski definition) is 8. The van der Waals surface area contributed by atoms with Crippen molar-refractivity contribution in [2.75, 3.05) is 12.0 Å². The van der Waals surface area contributed by atoms with Crippen molar-refractivity contribution >= 4 is 34.1 Å². The molecule has 2 aromatic rings. The number of thioether (sulfide) groups is 1. The first-order valence-corrected chi connectivity index (χ1v) is 7.40. The van der Waals surface area contributed by atoms with Crippen LogP contribution in [0.2, 0.25) is 0 Å². The van der Waals surface area contributed by atoms with Gasteiger partial charge < -0.3 is 11.1 Å². The summed E-state index contributed by atoms with van der Waals surface area (Å²) in [5.74, 6) is -0.256. The van der Waals surface area contributed by atoms with Crippen molar-refractivity contribution in [1.29, 1.82) is 0 Å². The van der Waals surface area contributed by atoms with E-state index in [0.29, 0.717) is 20.9 Å². The van der Waals surface area contributed by atoms with E-state index >= 15 is 0 Å². The van der Waals surface area contributed by atoms with Gasteiger partial charge >= 0.3 is 0 Å². The van der Waals surface area contributed by atoms with Crippen LogP contribution in [0, 0.1) is 0 Å². The molecule has 0 aliphatic carbocycles. The van der Waals surface area contributed by atoms with Crippen molar-refractivity contribution in [1.82, 2.24) is 25.5 Å². The summed E-state index contributed by atoms with van der Waals surface area (Å²) in [6.45, 7) is 1.81. The molecule has 1 amide bonds. The highest BCUT2D eigenvalue weighted by Crippen LogP contribution is 2.19. The molecule has 1 atom stereocenters. The maximum Gasteiger partial charge on any atom is 0.254 e. The van der Waals surface area contributed by atoms with Gasteiger partial charge in [0.2, 0.25) is 5.13 Å². The predicted molar refractivity (Wildman–Crippen MR) is 74.0 cm³/mol. The number of nitrogens with two attached hydrogens (primary N) is 1. The fourth-order valence-electron chi connectivity index (χ4n) is 1.30. The summed E-state index contributed by atoms with van der Waals surface area (Å²) in [6, 6.07) is -0.262. The molecule has 100 valence electrons. The molecular weight excluding hydrogens is 284 g/mol. The first-order chi connectivity index (χ1) is 9.10. The molecule has 3 N–H and O–H groups in total. The van der Waals surface area contributed by atoms with Crippen LogP contribution >= 0.6 is 23.1 Å². The van der Waals surface area contributed by atoms with Gasteiger partial charge in [-0.1, -0.05) is 23.1 Å². The van der Waals surface area contributed by atoms with Crippen molar-refractivity contribution in [3.05, 3.63) is 23.0 Å². The molecule has 0 aromatic carbocycles. The first-order valence-electron chi connectivity index (χ1n) is 5.36. The molecule has 0 fully saturated rings. The van der Waals surface area contributed by atoms with Crippen molar-refractivity contribution < 1.29 is 4.79 Å². The predicted octanol–water partition coefficient (Wildman–Crippen LogP) is 1.12. The van der Waals surface area contributed by atoms with Gasteiger partial charge in [-0.3, -0.25) is 4.79 Å². The van der Waals surface area contributed by atoms with Crippen LogP contribution in [-0.4, -0.2) is 32.3 Å². The lowest BCUT2D eigenvalue weighted by Gasteiger charge is -2.10. The van der Waals surface area contributed by atoms with Gasteiger partial charge in [0.1, 0.15) is 5.01 Å². The number of amides is 1. The molecular formula is C10H12N6OS2. The van der Waals surface area contributed by atoms with Crippen molar-refractivity contribution in [2.24, 2.45) is 0 Å². The van der Waals surface area contributed by atoms with Gasteiger partial charge in [0.25, 0.3) is 5.91 Å². The summed E-state index contributed by atoms with van der Waals surface area (Å²) < 4.78 is 0. The van der Waals surface area contributed by atoms with E-state index in [0.717, 1.165) is 0 Å². The third kappa shape index (κ3) is 3.38. The Labute approximate surface area is 118 Å². The van der Waals surface area contributed by atoms with E-state index in [4.69, 9.17) is 5.73 Å². The zero-order chi connectivity index (χ0) is 13.8. The summed E-state index contributed by atoms with van der Waals surface area (Å²) in [7, 11) is 0. The van der Waals surface area contributed by atoms with Gasteiger partial charge in [-0.15, -0.1) is 10.2 Å². The van der Waals surface area contributed by atoms with Crippen molar-refractivity contribution in [2.45, 2.75) is 18.1 Å². The van der Waals surface area contributed by atoms with E-state index in [-0.39, 0.29) is 11.9 Å². The molecule has 7 nitrogen and oxygen atoms in total. The number of carbonyl (C=O) groups is 1. The highest BCUT2D eigenvalue weighted by atomic mass is 32.2. The highest BCUT2D eigenvalue weighted by molar-refractivity contribution is 7.98. The zero-order valence-electron chi connectivity index (χ0n) is 10.3. The Hall–Kier alpha value is -1.74. The van der Waals surface area contributed by atoms with E-state index in [2.05, 4.69) is 25.5 Å². The molecule has 0 aliphatic heterocycles. The molecule has 2 rings (SSSR count). The summed E-state index contributed by atoms with van der Waals surface area (Å²) in [5.41, 5.74) is 5.90.